The Morgan fingerprint density at radius 3 is 2.41 bits per heavy atom. The van der Waals surface area contributed by atoms with E-state index in [9.17, 15) is 0 Å². The maximum absolute atomic E-state index is 6.03. The quantitative estimate of drug-likeness (QED) is 0.756. The van der Waals surface area contributed by atoms with E-state index < -0.39 is 0 Å². The van der Waals surface area contributed by atoms with Crippen LogP contribution in [-0.2, 0) is 11.3 Å². The molecule has 0 aliphatic heterocycles. The van der Waals surface area contributed by atoms with Crippen LogP contribution in [0.1, 0.15) is 30.9 Å². The SMILES string of the molecule is COCC(Cl)CNCc1ccc(C(C)C)cc1. The van der Waals surface area contributed by atoms with E-state index >= 15 is 0 Å². The Morgan fingerprint density at radius 2 is 1.88 bits per heavy atom. The molecule has 0 amide bonds. The number of hydrogen-bond donors (Lipinski definition) is 1. The average molecular weight is 256 g/mol. The van der Waals surface area contributed by atoms with Crippen molar-refractivity contribution in [3.8, 4) is 0 Å². The first kappa shape index (κ1) is 14.5. The van der Waals surface area contributed by atoms with Crippen LogP contribution in [-0.4, -0.2) is 25.6 Å². The molecule has 96 valence electrons. The summed E-state index contributed by atoms with van der Waals surface area (Å²) in [6.07, 6.45) is 0. The summed E-state index contributed by atoms with van der Waals surface area (Å²) in [6, 6.07) is 8.72. The Hall–Kier alpha value is -0.570. The molecule has 0 bridgehead atoms. The zero-order valence-corrected chi connectivity index (χ0v) is 11.6. The minimum absolute atomic E-state index is 0.0370. The first-order valence-electron chi connectivity index (χ1n) is 6.06. The normalized spacial score (nSPS) is 13.0. The molecular weight excluding hydrogens is 234 g/mol. The smallest absolute Gasteiger partial charge is 0.0694 e. The van der Waals surface area contributed by atoms with Crippen LogP contribution in [0.15, 0.2) is 24.3 Å². The highest BCUT2D eigenvalue weighted by atomic mass is 35.5. The molecule has 1 rings (SSSR count). The zero-order chi connectivity index (χ0) is 12.7. The molecular formula is C14H22ClNO. The van der Waals surface area contributed by atoms with Crippen molar-refractivity contribution in [2.45, 2.75) is 31.7 Å². The molecule has 2 nitrogen and oxygen atoms in total. The number of nitrogens with one attached hydrogen (secondary N) is 1. The predicted octanol–water partition coefficient (Wildman–Crippen LogP) is 3.15. The fourth-order valence-corrected chi connectivity index (χ4v) is 1.87. The summed E-state index contributed by atoms with van der Waals surface area (Å²) >= 11 is 6.03. The van der Waals surface area contributed by atoms with Crippen molar-refractivity contribution in [1.82, 2.24) is 5.32 Å². The van der Waals surface area contributed by atoms with Gasteiger partial charge in [0.25, 0.3) is 0 Å². The first-order valence-corrected chi connectivity index (χ1v) is 6.49. The summed E-state index contributed by atoms with van der Waals surface area (Å²) in [7, 11) is 1.67. The predicted molar refractivity (Wildman–Crippen MR) is 73.8 cm³/mol. The van der Waals surface area contributed by atoms with Crippen molar-refractivity contribution in [2.24, 2.45) is 0 Å². The highest BCUT2D eigenvalue weighted by Gasteiger charge is 2.03. The van der Waals surface area contributed by atoms with Gasteiger partial charge in [-0.25, -0.2) is 0 Å². The van der Waals surface area contributed by atoms with Gasteiger partial charge in [-0.2, -0.15) is 0 Å². The molecule has 1 aromatic rings. The minimum atomic E-state index is 0.0370. The zero-order valence-electron chi connectivity index (χ0n) is 10.9. The second-order valence-electron chi connectivity index (χ2n) is 4.58. The van der Waals surface area contributed by atoms with Crippen LogP contribution in [0.3, 0.4) is 0 Å². The Labute approximate surface area is 109 Å². The Bertz CT molecular complexity index is 311. The van der Waals surface area contributed by atoms with Crippen molar-refractivity contribution in [3.63, 3.8) is 0 Å². The topological polar surface area (TPSA) is 21.3 Å². The van der Waals surface area contributed by atoms with Gasteiger partial charge in [0, 0.05) is 20.2 Å². The van der Waals surface area contributed by atoms with Gasteiger partial charge in [0.15, 0.2) is 0 Å². The fraction of sp³-hybridized carbons (Fsp3) is 0.571. The van der Waals surface area contributed by atoms with Gasteiger partial charge in [0.2, 0.25) is 0 Å². The third-order valence-corrected chi connectivity index (χ3v) is 2.97. The summed E-state index contributed by atoms with van der Waals surface area (Å²) in [4.78, 5) is 0. The van der Waals surface area contributed by atoms with Crippen LogP contribution < -0.4 is 5.32 Å². The molecule has 0 radical (unpaired) electrons. The van der Waals surface area contributed by atoms with Crippen molar-refractivity contribution in [1.29, 1.82) is 0 Å². The summed E-state index contributed by atoms with van der Waals surface area (Å²) < 4.78 is 4.98. The molecule has 0 fully saturated rings. The van der Waals surface area contributed by atoms with Gasteiger partial charge in [0.05, 0.1) is 12.0 Å². The first-order chi connectivity index (χ1) is 8.13. The molecule has 0 aromatic heterocycles. The number of halogens is 1. The average Bonchev–Trinajstić information content (AvgIpc) is 2.30. The van der Waals surface area contributed by atoms with E-state index in [1.165, 1.54) is 11.1 Å². The van der Waals surface area contributed by atoms with E-state index in [2.05, 4.69) is 43.4 Å². The van der Waals surface area contributed by atoms with Gasteiger partial charge in [-0.15, -0.1) is 11.6 Å². The molecule has 0 saturated heterocycles. The fourth-order valence-electron chi connectivity index (χ4n) is 1.63. The van der Waals surface area contributed by atoms with Crippen LogP contribution in [0, 0.1) is 0 Å². The van der Waals surface area contributed by atoms with E-state index in [1.807, 2.05) is 0 Å². The molecule has 1 atom stereocenters. The van der Waals surface area contributed by atoms with Gasteiger partial charge in [-0.05, 0) is 17.0 Å². The van der Waals surface area contributed by atoms with E-state index in [1.54, 1.807) is 7.11 Å². The molecule has 1 N–H and O–H groups in total. The Balaban J connectivity index is 2.32. The van der Waals surface area contributed by atoms with Crippen molar-refractivity contribution in [2.75, 3.05) is 20.3 Å². The number of methoxy groups -OCH3 is 1. The molecule has 3 heteroatoms. The van der Waals surface area contributed by atoms with Crippen LogP contribution >= 0.6 is 11.6 Å². The lowest BCUT2D eigenvalue weighted by molar-refractivity contribution is 0.197. The number of alkyl halides is 1. The van der Waals surface area contributed by atoms with Crippen LogP contribution in [0.2, 0.25) is 0 Å². The highest BCUT2D eigenvalue weighted by Crippen LogP contribution is 2.14. The van der Waals surface area contributed by atoms with Crippen LogP contribution in [0.25, 0.3) is 0 Å². The molecule has 0 aliphatic carbocycles. The van der Waals surface area contributed by atoms with Crippen LogP contribution in [0.4, 0.5) is 0 Å². The second-order valence-corrected chi connectivity index (χ2v) is 5.20. The minimum Gasteiger partial charge on any atom is -0.383 e. The highest BCUT2D eigenvalue weighted by molar-refractivity contribution is 6.20. The van der Waals surface area contributed by atoms with Crippen molar-refractivity contribution < 1.29 is 4.74 Å². The lowest BCUT2D eigenvalue weighted by atomic mass is 10.0. The molecule has 0 aliphatic rings. The largest absolute Gasteiger partial charge is 0.383 e. The molecule has 1 aromatic carbocycles. The van der Waals surface area contributed by atoms with Crippen LogP contribution in [0.5, 0.6) is 0 Å². The summed E-state index contributed by atoms with van der Waals surface area (Å²) in [5.41, 5.74) is 2.67. The summed E-state index contributed by atoms with van der Waals surface area (Å²) in [5, 5.41) is 3.36. The van der Waals surface area contributed by atoms with Gasteiger partial charge >= 0.3 is 0 Å². The third kappa shape index (κ3) is 5.53. The number of hydrogen-bond acceptors (Lipinski definition) is 2. The second kappa shape index (κ2) is 7.70. The van der Waals surface area contributed by atoms with E-state index in [0.717, 1.165) is 13.1 Å². The number of rotatable bonds is 7. The van der Waals surface area contributed by atoms with Gasteiger partial charge in [-0.3, -0.25) is 0 Å². The standard InChI is InChI=1S/C14H22ClNO/c1-11(2)13-6-4-12(5-7-13)8-16-9-14(15)10-17-3/h4-7,11,14,16H,8-10H2,1-3H3. The maximum atomic E-state index is 6.03. The third-order valence-electron chi connectivity index (χ3n) is 2.69. The molecule has 17 heavy (non-hydrogen) atoms. The lowest BCUT2D eigenvalue weighted by Gasteiger charge is -2.10. The van der Waals surface area contributed by atoms with E-state index in [-0.39, 0.29) is 5.38 Å². The molecule has 0 spiro atoms. The Kier molecular flexibility index (Phi) is 6.56. The van der Waals surface area contributed by atoms with E-state index in [4.69, 9.17) is 16.3 Å². The van der Waals surface area contributed by atoms with Crippen molar-refractivity contribution >= 4 is 11.6 Å². The lowest BCUT2D eigenvalue weighted by Crippen LogP contribution is -2.25. The number of benzene rings is 1. The summed E-state index contributed by atoms with van der Waals surface area (Å²) in [6.45, 7) is 6.61. The van der Waals surface area contributed by atoms with Gasteiger partial charge in [0.1, 0.15) is 0 Å². The Morgan fingerprint density at radius 1 is 1.24 bits per heavy atom. The van der Waals surface area contributed by atoms with E-state index in [0.29, 0.717) is 12.5 Å². The monoisotopic (exact) mass is 255 g/mol. The number of ether oxygens (including phenoxy) is 1. The molecule has 0 heterocycles. The van der Waals surface area contributed by atoms with Gasteiger partial charge < -0.3 is 10.1 Å². The summed E-state index contributed by atoms with van der Waals surface area (Å²) in [5.74, 6) is 0.589. The van der Waals surface area contributed by atoms with Crippen molar-refractivity contribution in [3.05, 3.63) is 35.4 Å². The molecule has 0 saturated carbocycles. The van der Waals surface area contributed by atoms with Gasteiger partial charge in [-0.1, -0.05) is 38.1 Å². The molecule has 1 unspecified atom stereocenters. The maximum Gasteiger partial charge on any atom is 0.0694 e.